The molecule has 0 aromatic heterocycles. The lowest BCUT2D eigenvalue weighted by molar-refractivity contribution is 0.0538. The van der Waals surface area contributed by atoms with Gasteiger partial charge in [0.1, 0.15) is 6.23 Å². The maximum absolute atomic E-state index is 11.4. The lowest BCUT2D eigenvalue weighted by Crippen LogP contribution is -2.52. The van der Waals surface area contributed by atoms with Crippen LogP contribution in [-0.2, 0) is 13.6 Å². The van der Waals surface area contributed by atoms with E-state index in [1.54, 1.807) is 6.08 Å². The Labute approximate surface area is 95.4 Å². The molecule has 0 saturated carbocycles. The Morgan fingerprint density at radius 3 is 2.56 bits per heavy atom. The van der Waals surface area contributed by atoms with Crippen molar-refractivity contribution in [3.05, 3.63) is 23.3 Å². The van der Waals surface area contributed by atoms with Crippen molar-refractivity contribution < 1.29 is 13.6 Å². The molecule has 0 bridgehead atoms. The van der Waals surface area contributed by atoms with Crippen LogP contribution < -0.4 is 17.2 Å². The van der Waals surface area contributed by atoms with Crippen LogP contribution >= 0.6 is 8.25 Å². The topological polar surface area (TPSA) is 114 Å². The standard InChI is InChI=1S/C9H18N3O3P/c1-3-6-5-9(11,12)15-16(13)14-8(10)7(6)4-2/h3-4,8,16H,5,10-12H2,1-2H3. The Bertz CT molecular complexity index is 352. The highest BCUT2D eigenvalue weighted by atomic mass is 31.1. The predicted octanol–water partition coefficient (Wildman–Crippen LogP) is 0.562. The van der Waals surface area contributed by atoms with Gasteiger partial charge in [-0.15, -0.1) is 0 Å². The van der Waals surface area contributed by atoms with E-state index in [9.17, 15) is 4.57 Å². The molecule has 6 nitrogen and oxygen atoms in total. The monoisotopic (exact) mass is 247 g/mol. The fourth-order valence-corrected chi connectivity index (χ4v) is 2.35. The van der Waals surface area contributed by atoms with E-state index in [0.29, 0.717) is 0 Å². The molecule has 0 aliphatic carbocycles. The Balaban J connectivity index is 3.07. The highest BCUT2D eigenvalue weighted by Crippen LogP contribution is 2.37. The maximum Gasteiger partial charge on any atom is 0.323 e. The number of nitrogens with two attached hydrogens (primary N) is 3. The summed E-state index contributed by atoms with van der Waals surface area (Å²) < 4.78 is 21.3. The molecule has 1 rings (SSSR count). The van der Waals surface area contributed by atoms with Crippen molar-refractivity contribution >= 4 is 8.25 Å². The van der Waals surface area contributed by atoms with Gasteiger partial charge in [0.25, 0.3) is 0 Å². The quantitative estimate of drug-likeness (QED) is 0.425. The Morgan fingerprint density at radius 2 is 2.06 bits per heavy atom. The number of allylic oxidation sites excluding steroid dienone is 2. The second kappa shape index (κ2) is 5.23. The van der Waals surface area contributed by atoms with Crippen LogP contribution in [0.3, 0.4) is 0 Å². The SMILES string of the molecule is CC=C1CC(N)(N)O[PH](=O)OC(N)C1=CC. The van der Waals surface area contributed by atoms with E-state index >= 15 is 0 Å². The van der Waals surface area contributed by atoms with Gasteiger partial charge in [-0.05, 0) is 25.0 Å². The molecule has 0 spiro atoms. The summed E-state index contributed by atoms with van der Waals surface area (Å²) in [6.45, 7) is 3.66. The van der Waals surface area contributed by atoms with E-state index in [4.69, 9.17) is 26.2 Å². The highest BCUT2D eigenvalue weighted by molar-refractivity contribution is 7.33. The fraction of sp³-hybridized carbons (Fsp3) is 0.556. The lowest BCUT2D eigenvalue weighted by atomic mass is 9.99. The molecular formula is C9H18N3O3P. The first-order chi connectivity index (χ1) is 7.39. The molecule has 0 aromatic carbocycles. The van der Waals surface area contributed by atoms with E-state index < -0.39 is 20.3 Å². The number of hydrogen-bond donors (Lipinski definition) is 3. The van der Waals surface area contributed by atoms with Crippen LogP contribution in [0.15, 0.2) is 23.3 Å². The van der Waals surface area contributed by atoms with Gasteiger partial charge >= 0.3 is 8.25 Å². The summed E-state index contributed by atoms with van der Waals surface area (Å²) in [4.78, 5) is 0. The van der Waals surface area contributed by atoms with E-state index in [1.165, 1.54) is 0 Å². The molecule has 1 aliphatic rings. The van der Waals surface area contributed by atoms with Crippen molar-refractivity contribution in [2.75, 3.05) is 0 Å². The van der Waals surface area contributed by atoms with E-state index in [1.807, 2.05) is 19.9 Å². The second-order valence-electron chi connectivity index (χ2n) is 3.58. The summed E-state index contributed by atoms with van der Waals surface area (Å²) >= 11 is 0. The largest absolute Gasteiger partial charge is 0.323 e. The third-order valence-corrected chi connectivity index (χ3v) is 3.29. The van der Waals surface area contributed by atoms with Gasteiger partial charge in [-0.1, -0.05) is 12.2 Å². The Kier molecular flexibility index (Phi) is 4.43. The van der Waals surface area contributed by atoms with Crippen LogP contribution in [0.1, 0.15) is 20.3 Å². The minimum atomic E-state index is -2.77. The Hall–Kier alpha value is -0.490. The molecule has 2 atom stereocenters. The summed E-state index contributed by atoms with van der Waals surface area (Å²) in [5.41, 5.74) is 18.6. The van der Waals surface area contributed by atoms with E-state index in [2.05, 4.69) is 0 Å². The van der Waals surface area contributed by atoms with E-state index in [0.717, 1.165) is 11.1 Å². The minimum Gasteiger partial charge on any atom is -0.302 e. The summed E-state index contributed by atoms with van der Waals surface area (Å²) in [5, 5.41) is 0. The molecule has 16 heavy (non-hydrogen) atoms. The normalized spacial score (nSPS) is 36.1. The van der Waals surface area contributed by atoms with Crippen LogP contribution in [0.25, 0.3) is 0 Å². The lowest BCUT2D eigenvalue weighted by Gasteiger charge is -2.31. The van der Waals surface area contributed by atoms with E-state index in [-0.39, 0.29) is 6.42 Å². The van der Waals surface area contributed by atoms with Gasteiger partial charge in [0, 0.05) is 6.42 Å². The fourth-order valence-electron chi connectivity index (χ4n) is 1.58. The van der Waals surface area contributed by atoms with Gasteiger partial charge in [0.05, 0.1) is 0 Å². The van der Waals surface area contributed by atoms with Gasteiger partial charge in [0.15, 0.2) is 5.85 Å². The van der Waals surface area contributed by atoms with Crippen molar-refractivity contribution in [3.8, 4) is 0 Å². The molecule has 0 amide bonds. The van der Waals surface area contributed by atoms with Gasteiger partial charge in [-0.3, -0.25) is 25.1 Å². The van der Waals surface area contributed by atoms with Crippen LogP contribution in [0.5, 0.6) is 0 Å². The smallest absolute Gasteiger partial charge is 0.302 e. The number of hydrogen-bond acceptors (Lipinski definition) is 6. The average molecular weight is 247 g/mol. The molecule has 92 valence electrons. The van der Waals surface area contributed by atoms with Crippen LogP contribution in [0, 0.1) is 0 Å². The Morgan fingerprint density at radius 1 is 1.44 bits per heavy atom. The molecule has 6 N–H and O–H groups in total. The molecule has 1 aliphatic heterocycles. The highest BCUT2D eigenvalue weighted by Gasteiger charge is 2.31. The predicted molar refractivity (Wildman–Crippen MR) is 62.4 cm³/mol. The molecular weight excluding hydrogens is 229 g/mol. The van der Waals surface area contributed by atoms with Gasteiger partial charge < -0.3 is 5.73 Å². The van der Waals surface area contributed by atoms with Gasteiger partial charge in [-0.25, -0.2) is 0 Å². The number of rotatable bonds is 0. The second-order valence-corrected chi connectivity index (χ2v) is 4.52. The summed E-state index contributed by atoms with van der Waals surface area (Å²) in [6, 6.07) is 0. The molecule has 1 saturated heterocycles. The zero-order valence-electron chi connectivity index (χ0n) is 9.40. The maximum atomic E-state index is 11.4. The van der Waals surface area contributed by atoms with Gasteiger partial charge in [0.2, 0.25) is 0 Å². The molecule has 1 heterocycles. The molecule has 0 radical (unpaired) electrons. The summed E-state index contributed by atoms with van der Waals surface area (Å²) in [5.74, 6) is -1.49. The molecule has 7 heteroatoms. The van der Waals surface area contributed by atoms with Crippen molar-refractivity contribution in [2.45, 2.75) is 32.3 Å². The van der Waals surface area contributed by atoms with Crippen LogP contribution in [0.4, 0.5) is 0 Å². The van der Waals surface area contributed by atoms with Crippen LogP contribution in [-0.4, -0.2) is 12.1 Å². The molecule has 0 aromatic rings. The zero-order valence-corrected chi connectivity index (χ0v) is 10.4. The summed E-state index contributed by atoms with van der Waals surface area (Å²) in [7, 11) is -2.77. The van der Waals surface area contributed by atoms with Crippen molar-refractivity contribution in [3.63, 3.8) is 0 Å². The molecule has 1 fully saturated rings. The van der Waals surface area contributed by atoms with Gasteiger partial charge in [-0.2, -0.15) is 0 Å². The third-order valence-electron chi connectivity index (χ3n) is 2.30. The van der Waals surface area contributed by atoms with Crippen LogP contribution in [0.2, 0.25) is 0 Å². The first kappa shape index (κ1) is 13.6. The molecule has 2 unspecified atom stereocenters. The van der Waals surface area contributed by atoms with Crippen molar-refractivity contribution in [1.82, 2.24) is 0 Å². The summed E-state index contributed by atoms with van der Waals surface area (Å²) in [6.07, 6.45) is 3.07. The van der Waals surface area contributed by atoms with Crippen molar-refractivity contribution in [1.29, 1.82) is 0 Å². The van der Waals surface area contributed by atoms with Crippen molar-refractivity contribution in [2.24, 2.45) is 17.2 Å². The zero-order chi connectivity index (χ0) is 12.3. The third kappa shape index (κ3) is 3.25. The average Bonchev–Trinajstić information content (AvgIpc) is 2.14. The first-order valence-corrected chi connectivity index (χ1v) is 6.17. The first-order valence-electron chi connectivity index (χ1n) is 4.94. The minimum absolute atomic E-state index is 0.233.